The molecule has 13 nitrogen and oxygen atoms in total. The molecule has 0 aliphatic carbocycles. The number of aliphatic carboxylic acids is 2. The van der Waals surface area contributed by atoms with Gasteiger partial charge >= 0.3 is 41.5 Å². The van der Waals surface area contributed by atoms with Crippen molar-refractivity contribution < 1.29 is 60.7 Å². The first-order valence-corrected chi connectivity index (χ1v) is 26.1. The van der Waals surface area contributed by atoms with E-state index in [0.29, 0.717) is 34.5 Å². The molecule has 6 aromatic carbocycles. The number of carboxylic acids is 2. The number of carbonyl (C=O) groups is 4. The highest BCUT2D eigenvalue weighted by atomic mass is 28.4. The lowest BCUT2D eigenvalue weighted by molar-refractivity contribution is -0.166. The molecule has 0 heterocycles. The smallest absolute Gasteiger partial charge is 0.483 e. The predicted octanol–water partition coefficient (Wildman–Crippen LogP) is 10.9. The number of carboxylic acid groups (broad SMARTS) is 2. The van der Waals surface area contributed by atoms with Crippen LogP contribution < -0.4 is 26.6 Å². The molecule has 2 unspecified atom stereocenters. The molecule has 6 rings (SSSR count). The summed E-state index contributed by atoms with van der Waals surface area (Å²) in [6.45, 7) is 0. The molecule has 0 aliphatic heterocycles. The van der Waals surface area contributed by atoms with E-state index in [1.54, 1.807) is 72.8 Å². The third-order valence-electron chi connectivity index (χ3n) is 10.5. The van der Waals surface area contributed by atoms with Crippen LogP contribution in [0.2, 0.25) is 12.1 Å². The zero-order chi connectivity index (χ0) is 47.2. The fourth-order valence-electron chi connectivity index (χ4n) is 7.19. The van der Waals surface area contributed by atoms with Crippen LogP contribution in [-0.2, 0) is 23.9 Å². The van der Waals surface area contributed by atoms with Crippen LogP contribution in [-0.4, -0.2) is 51.7 Å². The number of esters is 2. The van der Waals surface area contributed by atoms with Crippen LogP contribution in [0.1, 0.15) is 51.4 Å². The lowest BCUT2D eigenvalue weighted by Crippen LogP contribution is -2.55. The van der Waals surface area contributed by atoms with Crippen LogP contribution in [0.4, 0.5) is 0 Å². The van der Waals surface area contributed by atoms with Crippen molar-refractivity contribution in [1.29, 1.82) is 0 Å². The van der Waals surface area contributed by atoms with Gasteiger partial charge in [0.15, 0.2) is 0 Å². The first kappa shape index (κ1) is 49.1. The Labute approximate surface area is 392 Å². The molecule has 6 aromatic rings. The second-order valence-electron chi connectivity index (χ2n) is 15.6. The predicted molar refractivity (Wildman–Crippen MR) is 254 cm³/mol. The summed E-state index contributed by atoms with van der Waals surface area (Å²) < 4.78 is 45.2. The van der Waals surface area contributed by atoms with Crippen LogP contribution in [0.15, 0.2) is 182 Å². The van der Waals surface area contributed by atoms with Crippen LogP contribution in [0.5, 0.6) is 34.5 Å². The third kappa shape index (κ3) is 16.5. The highest BCUT2D eigenvalue weighted by Crippen LogP contribution is 2.32. The van der Waals surface area contributed by atoms with Crippen molar-refractivity contribution in [3.8, 4) is 34.5 Å². The fraction of sp³-hybridized carbons (Fsp3) is 0.231. The molecule has 0 radical (unpaired) electrons. The van der Waals surface area contributed by atoms with Gasteiger partial charge in [0.1, 0.15) is 34.5 Å². The summed E-state index contributed by atoms with van der Waals surface area (Å²) in [7, 11) is -7.52. The Morgan fingerprint density at radius 3 is 0.791 bits per heavy atom. The molecule has 2 N–H and O–H groups in total. The molecule has 348 valence electrons. The highest BCUT2D eigenvalue weighted by Gasteiger charge is 2.50. The van der Waals surface area contributed by atoms with Gasteiger partial charge in [0.2, 0.25) is 0 Å². The average molecular weight is 943 g/mol. The minimum Gasteiger partial charge on any atom is -0.483 e. The summed E-state index contributed by atoms with van der Waals surface area (Å²) >= 11 is 0. The topological polar surface area (TPSA) is 173 Å². The molecule has 15 heteroatoms. The van der Waals surface area contributed by atoms with Crippen molar-refractivity contribution in [2.45, 2.75) is 63.5 Å². The monoisotopic (exact) mass is 942 g/mol. The molecule has 0 bridgehead atoms. The number of benzene rings is 6. The van der Waals surface area contributed by atoms with E-state index in [4.69, 9.17) is 31.3 Å². The van der Waals surface area contributed by atoms with Gasteiger partial charge in [-0.25, -0.2) is 0 Å². The number of hydrogen-bond acceptors (Lipinski definition) is 11. The van der Waals surface area contributed by atoms with Crippen molar-refractivity contribution >= 4 is 41.5 Å². The van der Waals surface area contributed by atoms with E-state index >= 15 is 0 Å². The summed E-state index contributed by atoms with van der Waals surface area (Å²) in [4.78, 5) is 51.7. The Balaban J connectivity index is 1.20. The zero-order valence-electron chi connectivity index (χ0n) is 36.9. The van der Waals surface area contributed by atoms with Gasteiger partial charge in [-0.15, -0.1) is 0 Å². The summed E-state index contributed by atoms with van der Waals surface area (Å²) in [6, 6.07) is 54.9. The van der Waals surface area contributed by atoms with E-state index in [2.05, 4.69) is 0 Å². The van der Waals surface area contributed by atoms with Crippen molar-refractivity contribution in [3.63, 3.8) is 0 Å². The van der Waals surface area contributed by atoms with Gasteiger partial charge in [0, 0.05) is 12.8 Å². The van der Waals surface area contributed by atoms with Crippen molar-refractivity contribution in [3.05, 3.63) is 182 Å². The van der Waals surface area contributed by atoms with Gasteiger partial charge in [-0.2, -0.15) is 0 Å². The van der Waals surface area contributed by atoms with E-state index in [-0.39, 0.29) is 63.5 Å². The number of hydrogen-bond donors (Lipinski definition) is 2. The van der Waals surface area contributed by atoms with E-state index in [1.807, 2.05) is 109 Å². The number of para-hydroxylation sites is 6. The Bertz CT molecular complexity index is 2040. The van der Waals surface area contributed by atoms with Gasteiger partial charge in [-0.1, -0.05) is 109 Å². The number of carbonyl (C=O) groups excluding carboxylic acids is 2. The van der Waals surface area contributed by atoms with Gasteiger partial charge in [-0.05, 0) is 111 Å². The Morgan fingerprint density at radius 1 is 0.358 bits per heavy atom. The summed E-state index contributed by atoms with van der Waals surface area (Å²) in [5.41, 5.74) is 0. The molecule has 0 saturated carbocycles. The van der Waals surface area contributed by atoms with Gasteiger partial charge in [0.25, 0.3) is 0 Å². The zero-order valence-corrected chi connectivity index (χ0v) is 38.9. The maximum atomic E-state index is 14.0. The number of rotatable bonds is 28. The SMILES string of the molecule is O=C(O)CCC(CCC[Si](Oc1ccccc1)(Oc1ccccc1)Oc1ccccc1)C(=O)OC(=O)C(CCC[Si](Oc1ccccc1)(Oc1ccccc1)Oc1ccccc1)CCC(=O)O. The van der Waals surface area contributed by atoms with Crippen molar-refractivity contribution in [1.82, 2.24) is 0 Å². The molecule has 0 spiro atoms. The average Bonchev–Trinajstić information content (AvgIpc) is 3.33. The van der Waals surface area contributed by atoms with Crippen LogP contribution in [0.3, 0.4) is 0 Å². The third-order valence-corrected chi connectivity index (χ3v) is 15.7. The van der Waals surface area contributed by atoms with E-state index in [9.17, 15) is 29.4 Å². The normalized spacial score (nSPS) is 12.1. The molecule has 0 amide bonds. The quantitative estimate of drug-likeness (QED) is 0.0270. The van der Waals surface area contributed by atoms with E-state index in [1.165, 1.54) is 0 Å². The molecular formula is C52H54O13Si2. The van der Waals surface area contributed by atoms with Crippen molar-refractivity contribution in [2.24, 2.45) is 11.8 Å². The molecule has 67 heavy (non-hydrogen) atoms. The van der Waals surface area contributed by atoms with Crippen LogP contribution >= 0.6 is 0 Å². The second kappa shape index (κ2) is 25.4. The van der Waals surface area contributed by atoms with Crippen molar-refractivity contribution in [2.75, 3.05) is 0 Å². The van der Waals surface area contributed by atoms with E-state index in [0.717, 1.165) is 0 Å². The lowest BCUT2D eigenvalue weighted by atomic mass is 9.96. The fourth-order valence-corrected chi connectivity index (χ4v) is 12.3. The number of ether oxygens (including phenoxy) is 1. The first-order chi connectivity index (χ1) is 32.6. The Hall–Kier alpha value is -7.37. The molecule has 0 aliphatic rings. The minimum absolute atomic E-state index is 0.0982. The molecule has 2 atom stereocenters. The van der Waals surface area contributed by atoms with Gasteiger partial charge in [-0.3, -0.25) is 19.2 Å². The largest absolute Gasteiger partial charge is 0.699 e. The molecule has 0 saturated heterocycles. The van der Waals surface area contributed by atoms with Gasteiger partial charge in [0.05, 0.1) is 23.9 Å². The van der Waals surface area contributed by atoms with Crippen LogP contribution in [0.25, 0.3) is 0 Å². The molecular weight excluding hydrogens is 889 g/mol. The van der Waals surface area contributed by atoms with E-state index < -0.39 is 53.3 Å². The van der Waals surface area contributed by atoms with Gasteiger partial charge < -0.3 is 41.5 Å². The maximum absolute atomic E-state index is 14.0. The Kier molecular flexibility index (Phi) is 18.6. The Morgan fingerprint density at radius 2 is 0.582 bits per heavy atom. The summed E-state index contributed by atoms with van der Waals surface area (Å²) in [5, 5.41) is 19.3. The summed E-state index contributed by atoms with van der Waals surface area (Å²) in [5.74, 6) is -3.08. The minimum atomic E-state index is -3.76. The first-order valence-electron chi connectivity index (χ1n) is 22.2. The van der Waals surface area contributed by atoms with Crippen LogP contribution in [0, 0.1) is 11.8 Å². The molecule has 0 aromatic heterocycles. The lowest BCUT2D eigenvalue weighted by Gasteiger charge is -2.31. The summed E-state index contributed by atoms with van der Waals surface area (Å²) in [6.07, 6.45) is -0.256. The molecule has 0 fully saturated rings. The standard InChI is InChI=1S/C52H54O13Si2/c53-49(54)37-35-41(21-19-39-66(60-43-23-7-1-8-24-43,61-44-25-9-2-10-26-44)62-45-27-11-3-12-28-45)51(57)59-52(58)42(36-38-50(55)56)22-20-40-67(63-46-29-13-4-14-30-46,64-47-31-15-5-16-32-47)65-48-33-17-6-18-34-48/h1-18,23-34,41-42H,19-22,35-40H2,(H,53,54)(H,55,56). The highest BCUT2D eigenvalue weighted by molar-refractivity contribution is 6.63. The second-order valence-corrected chi connectivity index (χ2v) is 20.6. The maximum Gasteiger partial charge on any atom is 0.699 e.